The Labute approximate surface area is 99.2 Å². The van der Waals surface area contributed by atoms with Gasteiger partial charge in [-0.1, -0.05) is 20.3 Å². The van der Waals surface area contributed by atoms with Gasteiger partial charge in [-0.05, 0) is 38.0 Å². The SMILES string of the molecule is CCCCC(=O)NC1(CN)CCC(C)CC1. The number of nitrogens with one attached hydrogen (secondary N) is 1. The molecule has 0 aromatic heterocycles. The Balaban J connectivity index is 2.44. The monoisotopic (exact) mass is 226 g/mol. The average molecular weight is 226 g/mol. The molecule has 16 heavy (non-hydrogen) atoms. The van der Waals surface area contributed by atoms with Gasteiger partial charge in [0, 0.05) is 13.0 Å². The van der Waals surface area contributed by atoms with Crippen LogP contribution in [0.25, 0.3) is 0 Å². The summed E-state index contributed by atoms with van der Waals surface area (Å²) in [4.78, 5) is 11.7. The molecule has 0 bridgehead atoms. The van der Waals surface area contributed by atoms with Crippen molar-refractivity contribution < 1.29 is 4.79 Å². The second-order valence-corrected chi connectivity index (χ2v) is 5.32. The lowest BCUT2D eigenvalue weighted by Crippen LogP contribution is -2.55. The minimum absolute atomic E-state index is 0.0999. The molecule has 1 saturated carbocycles. The normalized spacial score (nSPS) is 30.1. The lowest BCUT2D eigenvalue weighted by Gasteiger charge is -2.39. The molecule has 0 spiro atoms. The second kappa shape index (κ2) is 6.24. The maximum absolute atomic E-state index is 11.7. The standard InChI is InChI=1S/C13H26N2O/c1-3-4-5-12(16)15-13(10-14)8-6-11(2)7-9-13/h11H,3-10,14H2,1-2H3,(H,15,16). The van der Waals surface area contributed by atoms with Crippen LogP contribution < -0.4 is 11.1 Å². The van der Waals surface area contributed by atoms with Gasteiger partial charge < -0.3 is 11.1 Å². The predicted molar refractivity (Wildman–Crippen MR) is 67.1 cm³/mol. The lowest BCUT2D eigenvalue weighted by atomic mass is 9.77. The van der Waals surface area contributed by atoms with Gasteiger partial charge >= 0.3 is 0 Å². The van der Waals surface area contributed by atoms with Gasteiger partial charge in [0.1, 0.15) is 0 Å². The molecule has 1 fully saturated rings. The maximum Gasteiger partial charge on any atom is 0.220 e. The van der Waals surface area contributed by atoms with E-state index < -0.39 is 0 Å². The third-order valence-corrected chi connectivity index (χ3v) is 3.78. The quantitative estimate of drug-likeness (QED) is 0.755. The Morgan fingerprint density at radius 2 is 2.06 bits per heavy atom. The molecule has 0 aliphatic heterocycles. The van der Waals surface area contributed by atoms with Crippen molar-refractivity contribution in [2.45, 2.75) is 64.3 Å². The average Bonchev–Trinajstić information content (AvgIpc) is 2.30. The Hall–Kier alpha value is -0.570. The highest BCUT2D eigenvalue weighted by Gasteiger charge is 2.33. The molecule has 1 aliphatic rings. The molecule has 0 heterocycles. The topological polar surface area (TPSA) is 55.1 Å². The van der Waals surface area contributed by atoms with Gasteiger partial charge in [0.25, 0.3) is 0 Å². The predicted octanol–water partition coefficient (Wildman–Crippen LogP) is 2.20. The number of carbonyl (C=O) groups is 1. The highest BCUT2D eigenvalue weighted by Crippen LogP contribution is 2.31. The molecule has 1 aliphatic carbocycles. The molecule has 0 saturated heterocycles. The van der Waals surface area contributed by atoms with E-state index in [-0.39, 0.29) is 11.4 Å². The van der Waals surface area contributed by atoms with Crippen LogP contribution in [0.4, 0.5) is 0 Å². The first kappa shape index (κ1) is 13.5. The summed E-state index contributed by atoms with van der Waals surface area (Å²) in [6, 6.07) is 0. The van der Waals surface area contributed by atoms with Crippen LogP contribution in [0.2, 0.25) is 0 Å². The number of rotatable bonds is 5. The summed E-state index contributed by atoms with van der Waals surface area (Å²) < 4.78 is 0. The van der Waals surface area contributed by atoms with Crippen molar-refractivity contribution in [1.82, 2.24) is 5.32 Å². The van der Waals surface area contributed by atoms with E-state index in [9.17, 15) is 4.79 Å². The summed E-state index contributed by atoms with van der Waals surface area (Å²) in [6.07, 6.45) is 7.15. The number of hydrogen-bond acceptors (Lipinski definition) is 2. The molecule has 0 aromatic carbocycles. The van der Waals surface area contributed by atoms with E-state index in [0.717, 1.165) is 31.6 Å². The van der Waals surface area contributed by atoms with Gasteiger partial charge in [0.05, 0.1) is 5.54 Å². The van der Waals surface area contributed by atoms with Crippen molar-refractivity contribution in [3.63, 3.8) is 0 Å². The molecule has 0 unspecified atom stereocenters. The minimum Gasteiger partial charge on any atom is -0.349 e. The zero-order chi connectivity index (χ0) is 12.0. The molecule has 3 heteroatoms. The number of nitrogens with two attached hydrogens (primary N) is 1. The Morgan fingerprint density at radius 1 is 1.44 bits per heavy atom. The van der Waals surface area contributed by atoms with Crippen LogP contribution in [0.5, 0.6) is 0 Å². The Bertz CT molecular complexity index is 220. The third kappa shape index (κ3) is 3.78. The highest BCUT2D eigenvalue weighted by molar-refractivity contribution is 5.76. The molecule has 1 rings (SSSR count). The van der Waals surface area contributed by atoms with Gasteiger partial charge in [0.2, 0.25) is 5.91 Å². The number of unbranched alkanes of at least 4 members (excludes halogenated alkanes) is 1. The van der Waals surface area contributed by atoms with Crippen LogP contribution >= 0.6 is 0 Å². The van der Waals surface area contributed by atoms with Crippen molar-refractivity contribution in [2.24, 2.45) is 11.7 Å². The molecule has 3 nitrogen and oxygen atoms in total. The Morgan fingerprint density at radius 3 is 2.56 bits per heavy atom. The van der Waals surface area contributed by atoms with E-state index in [1.165, 1.54) is 12.8 Å². The molecule has 0 aromatic rings. The van der Waals surface area contributed by atoms with Crippen LogP contribution in [-0.2, 0) is 4.79 Å². The fourth-order valence-electron chi connectivity index (χ4n) is 2.39. The van der Waals surface area contributed by atoms with Crippen molar-refractivity contribution in [3.8, 4) is 0 Å². The summed E-state index contributed by atoms with van der Waals surface area (Å²) in [5.74, 6) is 0.967. The number of carbonyl (C=O) groups excluding carboxylic acids is 1. The number of amides is 1. The second-order valence-electron chi connectivity index (χ2n) is 5.32. The fourth-order valence-corrected chi connectivity index (χ4v) is 2.39. The summed E-state index contributed by atoms with van der Waals surface area (Å²) >= 11 is 0. The smallest absolute Gasteiger partial charge is 0.220 e. The lowest BCUT2D eigenvalue weighted by molar-refractivity contribution is -0.123. The van der Waals surface area contributed by atoms with Gasteiger partial charge in [-0.25, -0.2) is 0 Å². The van der Waals surface area contributed by atoms with Gasteiger partial charge in [0.15, 0.2) is 0 Å². The molecule has 94 valence electrons. The molecule has 0 atom stereocenters. The van der Waals surface area contributed by atoms with Crippen LogP contribution in [0.3, 0.4) is 0 Å². The van der Waals surface area contributed by atoms with Gasteiger partial charge in [-0.3, -0.25) is 4.79 Å². The van der Waals surface area contributed by atoms with Crippen molar-refractivity contribution >= 4 is 5.91 Å². The van der Waals surface area contributed by atoms with Crippen LogP contribution in [0.1, 0.15) is 58.8 Å². The van der Waals surface area contributed by atoms with E-state index in [1.807, 2.05) is 0 Å². The van der Waals surface area contributed by atoms with Crippen molar-refractivity contribution in [1.29, 1.82) is 0 Å². The van der Waals surface area contributed by atoms with Crippen LogP contribution in [0, 0.1) is 5.92 Å². The van der Waals surface area contributed by atoms with E-state index in [1.54, 1.807) is 0 Å². The van der Waals surface area contributed by atoms with Gasteiger partial charge in [-0.2, -0.15) is 0 Å². The first-order valence-corrected chi connectivity index (χ1v) is 6.63. The molecule has 3 N–H and O–H groups in total. The van der Waals surface area contributed by atoms with Gasteiger partial charge in [-0.15, -0.1) is 0 Å². The minimum atomic E-state index is -0.0999. The molecular weight excluding hydrogens is 200 g/mol. The maximum atomic E-state index is 11.7. The summed E-state index contributed by atoms with van der Waals surface area (Å²) in [7, 11) is 0. The number of hydrogen-bond donors (Lipinski definition) is 2. The fraction of sp³-hybridized carbons (Fsp3) is 0.923. The summed E-state index contributed by atoms with van der Waals surface area (Å²) in [5.41, 5.74) is 5.75. The highest BCUT2D eigenvalue weighted by atomic mass is 16.1. The van der Waals surface area contributed by atoms with E-state index in [0.29, 0.717) is 13.0 Å². The first-order chi connectivity index (χ1) is 7.62. The van der Waals surface area contributed by atoms with Crippen molar-refractivity contribution in [3.05, 3.63) is 0 Å². The van der Waals surface area contributed by atoms with Crippen LogP contribution in [-0.4, -0.2) is 18.0 Å². The largest absolute Gasteiger partial charge is 0.349 e. The van der Waals surface area contributed by atoms with E-state index in [4.69, 9.17) is 5.73 Å². The van der Waals surface area contributed by atoms with Crippen molar-refractivity contribution in [2.75, 3.05) is 6.54 Å². The Kier molecular flexibility index (Phi) is 5.26. The summed E-state index contributed by atoms with van der Waals surface area (Å²) in [5, 5.41) is 3.17. The summed E-state index contributed by atoms with van der Waals surface area (Å²) in [6.45, 7) is 4.96. The van der Waals surface area contributed by atoms with Crippen LogP contribution in [0.15, 0.2) is 0 Å². The zero-order valence-corrected chi connectivity index (χ0v) is 10.7. The molecule has 0 radical (unpaired) electrons. The van der Waals surface area contributed by atoms with E-state index >= 15 is 0 Å². The first-order valence-electron chi connectivity index (χ1n) is 6.63. The zero-order valence-electron chi connectivity index (χ0n) is 10.7. The third-order valence-electron chi connectivity index (χ3n) is 3.78. The molecular formula is C13H26N2O. The van der Waals surface area contributed by atoms with E-state index in [2.05, 4.69) is 19.2 Å². The molecule has 1 amide bonds.